The number of nitrogens with one attached hydrogen (secondary N) is 1. The predicted molar refractivity (Wildman–Crippen MR) is 134 cm³/mol. The van der Waals surface area contributed by atoms with Crippen molar-refractivity contribution in [3.63, 3.8) is 0 Å². The fraction of sp³-hybridized carbons (Fsp3) is 0.222. The number of halogens is 3. The molecule has 1 N–H and O–H groups in total. The van der Waals surface area contributed by atoms with E-state index in [2.05, 4.69) is 20.4 Å². The number of anilines is 2. The van der Waals surface area contributed by atoms with Gasteiger partial charge in [-0.1, -0.05) is 54.6 Å². The highest BCUT2D eigenvalue weighted by Crippen LogP contribution is 2.33. The van der Waals surface area contributed by atoms with E-state index in [4.69, 9.17) is 0 Å². The van der Waals surface area contributed by atoms with Crippen LogP contribution in [0.2, 0.25) is 0 Å². The second kappa shape index (κ2) is 9.49. The van der Waals surface area contributed by atoms with Gasteiger partial charge in [0.1, 0.15) is 5.69 Å². The lowest BCUT2D eigenvalue weighted by molar-refractivity contribution is -0.137. The first-order chi connectivity index (χ1) is 17.3. The summed E-state index contributed by atoms with van der Waals surface area (Å²) in [5, 5.41) is 13.8. The van der Waals surface area contributed by atoms with E-state index >= 15 is 0 Å². The maximum atomic E-state index is 12.8. The van der Waals surface area contributed by atoms with Crippen molar-refractivity contribution in [2.75, 3.05) is 29.9 Å². The van der Waals surface area contributed by atoms with Crippen LogP contribution < -0.4 is 10.2 Å². The zero-order chi connectivity index (χ0) is 25.3. The third-order valence-corrected chi connectivity index (χ3v) is 6.37. The van der Waals surface area contributed by atoms with Gasteiger partial charge in [-0.25, -0.2) is 4.79 Å². The van der Waals surface area contributed by atoms with Gasteiger partial charge >= 0.3 is 12.2 Å². The van der Waals surface area contributed by atoms with Crippen molar-refractivity contribution < 1.29 is 18.0 Å². The number of benzene rings is 3. The van der Waals surface area contributed by atoms with Crippen LogP contribution in [0, 0.1) is 0 Å². The van der Waals surface area contributed by atoms with Gasteiger partial charge in [-0.15, -0.1) is 10.2 Å². The van der Waals surface area contributed by atoms with Gasteiger partial charge < -0.3 is 15.1 Å². The molecule has 3 aromatic carbocycles. The zero-order valence-corrected chi connectivity index (χ0v) is 19.5. The summed E-state index contributed by atoms with van der Waals surface area (Å²) in [5.74, 6) is 0.764. The number of hydrogen-bond donors (Lipinski definition) is 1. The highest BCUT2D eigenvalue weighted by molar-refractivity contribution is 6.00. The summed E-state index contributed by atoms with van der Waals surface area (Å²) < 4.78 is 38.4. The van der Waals surface area contributed by atoms with Crippen molar-refractivity contribution in [2.45, 2.75) is 19.1 Å². The fourth-order valence-electron chi connectivity index (χ4n) is 4.51. The standard InChI is InChI=1S/C27H24F3N5O/c1-18-17-34(26(36)31-21-13-11-20(12-14-21)27(28,29)30)15-16-35(18)25-23-10-6-5-9-22(23)24(32-33-25)19-7-3-2-4-8-19/h2-14,18H,15-17H2,1H3,(H,31,36)/t18-/m0/s1. The molecule has 0 radical (unpaired) electrons. The zero-order valence-electron chi connectivity index (χ0n) is 19.5. The van der Waals surface area contributed by atoms with Crippen molar-refractivity contribution >= 4 is 28.3 Å². The van der Waals surface area contributed by atoms with Crippen LogP contribution in [0.1, 0.15) is 12.5 Å². The van der Waals surface area contributed by atoms with Gasteiger partial charge in [0.05, 0.1) is 5.56 Å². The summed E-state index contributed by atoms with van der Waals surface area (Å²) >= 11 is 0. The Hall–Kier alpha value is -4.14. The van der Waals surface area contributed by atoms with Gasteiger partial charge in [-0.05, 0) is 31.2 Å². The van der Waals surface area contributed by atoms with E-state index in [1.165, 1.54) is 12.1 Å². The number of amides is 2. The van der Waals surface area contributed by atoms with Crippen LogP contribution in [0.5, 0.6) is 0 Å². The molecule has 1 aromatic heterocycles. The maximum absolute atomic E-state index is 12.8. The van der Waals surface area contributed by atoms with Gasteiger partial charge in [-0.3, -0.25) is 0 Å². The van der Waals surface area contributed by atoms with E-state index in [1.54, 1.807) is 4.90 Å². The van der Waals surface area contributed by atoms with Crippen LogP contribution in [0.15, 0.2) is 78.9 Å². The van der Waals surface area contributed by atoms with E-state index in [0.717, 1.165) is 40.0 Å². The quantitative estimate of drug-likeness (QED) is 0.379. The number of aromatic nitrogens is 2. The first-order valence-corrected chi connectivity index (χ1v) is 11.6. The van der Waals surface area contributed by atoms with Crippen molar-refractivity contribution in [3.8, 4) is 11.3 Å². The minimum Gasteiger partial charge on any atom is -0.348 e. The van der Waals surface area contributed by atoms with E-state index in [0.29, 0.717) is 25.3 Å². The molecule has 1 fully saturated rings. The molecule has 0 saturated carbocycles. The highest BCUT2D eigenvalue weighted by atomic mass is 19.4. The Morgan fingerprint density at radius 3 is 2.22 bits per heavy atom. The largest absolute Gasteiger partial charge is 0.416 e. The molecule has 9 heteroatoms. The maximum Gasteiger partial charge on any atom is 0.416 e. The number of piperazine rings is 1. The molecule has 36 heavy (non-hydrogen) atoms. The molecule has 1 aliphatic heterocycles. The van der Waals surface area contributed by atoms with Crippen molar-refractivity contribution in [2.24, 2.45) is 0 Å². The second-order valence-corrected chi connectivity index (χ2v) is 8.78. The monoisotopic (exact) mass is 491 g/mol. The van der Waals surface area contributed by atoms with Crippen molar-refractivity contribution in [3.05, 3.63) is 84.4 Å². The number of carbonyl (C=O) groups is 1. The first kappa shape index (κ1) is 23.6. The number of alkyl halides is 3. The third kappa shape index (κ3) is 4.68. The molecular formula is C27H24F3N5O. The summed E-state index contributed by atoms with van der Waals surface area (Å²) in [5.41, 5.74) is 1.37. The number of nitrogens with zero attached hydrogens (tertiary/aromatic N) is 4. The van der Waals surface area contributed by atoms with Crippen LogP contribution in [-0.4, -0.2) is 46.8 Å². The van der Waals surface area contributed by atoms with Crippen LogP contribution >= 0.6 is 0 Å². The number of fused-ring (bicyclic) bond motifs is 1. The first-order valence-electron chi connectivity index (χ1n) is 11.6. The van der Waals surface area contributed by atoms with Gasteiger partial charge in [-0.2, -0.15) is 13.2 Å². The molecule has 184 valence electrons. The van der Waals surface area contributed by atoms with Crippen molar-refractivity contribution in [1.29, 1.82) is 0 Å². The minimum absolute atomic E-state index is 0.0441. The summed E-state index contributed by atoms with van der Waals surface area (Å²) in [7, 11) is 0. The number of urea groups is 1. The lowest BCUT2D eigenvalue weighted by Gasteiger charge is -2.40. The van der Waals surface area contributed by atoms with Crippen LogP contribution in [0.3, 0.4) is 0 Å². The summed E-state index contributed by atoms with van der Waals surface area (Å²) in [6, 6.07) is 22.0. The molecule has 2 heterocycles. The number of rotatable bonds is 3. The summed E-state index contributed by atoms with van der Waals surface area (Å²) in [4.78, 5) is 16.6. The molecule has 1 atom stereocenters. The molecule has 0 bridgehead atoms. The van der Waals surface area contributed by atoms with Gasteiger partial charge in [0.25, 0.3) is 0 Å². The molecule has 0 unspecified atom stereocenters. The molecule has 1 saturated heterocycles. The van der Waals surface area contributed by atoms with Gasteiger partial charge in [0, 0.05) is 47.7 Å². The van der Waals surface area contributed by atoms with Gasteiger partial charge in [0.2, 0.25) is 0 Å². The highest BCUT2D eigenvalue weighted by Gasteiger charge is 2.31. The summed E-state index contributed by atoms with van der Waals surface area (Å²) in [6.45, 7) is 3.43. The Labute approximate surface area is 206 Å². The van der Waals surface area contributed by atoms with E-state index in [9.17, 15) is 18.0 Å². The Morgan fingerprint density at radius 2 is 1.56 bits per heavy atom. The molecule has 0 aliphatic carbocycles. The van der Waals surface area contributed by atoms with Crippen molar-refractivity contribution in [1.82, 2.24) is 15.1 Å². The van der Waals surface area contributed by atoms with Gasteiger partial charge in [0.15, 0.2) is 5.82 Å². The lowest BCUT2D eigenvalue weighted by atomic mass is 10.0. The van der Waals surface area contributed by atoms with Crippen LogP contribution in [0.4, 0.5) is 29.5 Å². The Kier molecular flexibility index (Phi) is 6.22. The molecular weight excluding hydrogens is 467 g/mol. The van der Waals surface area contributed by atoms with E-state index in [-0.39, 0.29) is 12.1 Å². The second-order valence-electron chi connectivity index (χ2n) is 8.78. The Bertz CT molecular complexity index is 1380. The predicted octanol–water partition coefficient (Wildman–Crippen LogP) is 6.06. The molecule has 6 nitrogen and oxygen atoms in total. The smallest absolute Gasteiger partial charge is 0.348 e. The number of carbonyl (C=O) groups excluding carboxylic acids is 1. The molecule has 5 rings (SSSR count). The molecule has 2 amide bonds. The normalized spacial score (nSPS) is 16.3. The Morgan fingerprint density at radius 1 is 0.889 bits per heavy atom. The SMILES string of the molecule is C[C@H]1CN(C(=O)Nc2ccc(C(F)(F)F)cc2)CCN1c1nnc(-c2ccccc2)c2ccccc12. The fourth-order valence-corrected chi connectivity index (χ4v) is 4.51. The average molecular weight is 492 g/mol. The average Bonchev–Trinajstić information content (AvgIpc) is 2.88. The molecule has 1 aliphatic rings. The minimum atomic E-state index is -4.42. The third-order valence-electron chi connectivity index (χ3n) is 6.37. The molecule has 0 spiro atoms. The van der Waals surface area contributed by atoms with Crippen LogP contribution in [0.25, 0.3) is 22.0 Å². The number of hydrogen-bond acceptors (Lipinski definition) is 4. The topological polar surface area (TPSA) is 61.4 Å². The Balaban J connectivity index is 1.32. The lowest BCUT2D eigenvalue weighted by Crippen LogP contribution is -2.55. The van der Waals surface area contributed by atoms with E-state index in [1.807, 2.05) is 61.5 Å². The van der Waals surface area contributed by atoms with E-state index < -0.39 is 11.7 Å². The van der Waals surface area contributed by atoms with Crippen LogP contribution in [-0.2, 0) is 6.18 Å². The molecule has 4 aromatic rings. The summed E-state index contributed by atoms with van der Waals surface area (Å²) in [6.07, 6.45) is -4.42.